The number of halogens is 1. The lowest BCUT2D eigenvalue weighted by Crippen LogP contribution is -3.14. The van der Waals surface area contributed by atoms with Crippen LogP contribution in [0.15, 0.2) is 24.3 Å². The van der Waals surface area contributed by atoms with Crippen molar-refractivity contribution < 1.29 is 10.0 Å². The summed E-state index contributed by atoms with van der Waals surface area (Å²) in [7, 11) is 0. The van der Waals surface area contributed by atoms with Crippen LogP contribution in [0.4, 0.5) is 0 Å². The Morgan fingerprint density at radius 1 is 1.23 bits per heavy atom. The normalized spacial score (nSPS) is 24.8. The van der Waals surface area contributed by atoms with Gasteiger partial charge in [-0.3, -0.25) is 0 Å². The Kier molecular flexibility index (Phi) is 4.67. The molecule has 1 fully saturated rings. The fourth-order valence-electron chi connectivity index (χ4n) is 4.33. The van der Waals surface area contributed by atoms with Gasteiger partial charge in [-0.25, -0.2) is 4.98 Å². The third kappa shape index (κ3) is 3.21. The van der Waals surface area contributed by atoms with E-state index >= 15 is 0 Å². The summed E-state index contributed by atoms with van der Waals surface area (Å²) in [5, 5.41) is 15.9. The first-order valence-corrected chi connectivity index (χ1v) is 10.3. The predicted molar refractivity (Wildman–Crippen MR) is 104 cm³/mol. The quantitative estimate of drug-likeness (QED) is 0.721. The van der Waals surface area contributed by atoms with E-state index in [1.54, 1.807) is 4.52 Å². The summed E-state index contributed by atoms with van der Waals surface area (Å²) in [5.41, 5.74) is 1.17. The molecule has 0 amide bonds. The van der Waals surface area contributed by atoms with Crippen LogP contribution in [0.25, 0.3) is 4.96 Å². The van der Waals surface area contributed by atoms with E-state index in [4.69, 9.17) is 11.6 Å². The Bertz CT molecular complexity index is 910. The number of rotatable bonds is 3. The molecule has 7 heteroatoms. The van der Waals surface area contributed by atoms with Crippen LogP contribution in [0.3, 0.4) is 0 Å². The van der Waals surface area contributed by atoms with Gasteiger partial charge in [0, 0.05) is 22.4 Å². The maximum absolute atomic E-state index is 10.9. The average molecular weight is 392 g/mol. The molecule has 1 aliphatic rings. The first kappa shape index (κ1) is 17.8. The maximum atomic E-state index is 10.9. The minimum atomic E-state index is 0.0614. The molecule has 5 nitrogen and oxygen atoms in total. The molecule has 0 bridgehead atoms. The van der Waals surface area contributed by atoms with Crippen LogP contribution in [0.5, 0.6) is 5.88 Å². The van der Waals surface area contributed by atoms with E-state index in [9.17, 15) is 5.11 Å². The lowest BCUT2D eigenvalue weighted by atomic mass is 9.89. The number of hydrogen-bond acceptors (Lipinski definition) is 4. The standard InChI is InChI=1S/C19H23ClN4OS/c1-11-8-12(2)10-23(9-11)16(14-4-6-15(20)7-5-14)17-18(25)24-19(26-17)21-13(3)22-24/h4-7,11-12,16,25H,8-10H2,1-3H3/p+1/t11-,12+,16-/m1/s1. The first-order valence-electron chi connectivity index (χ1n) is 9.07. The van der Waals surface area contributed by atoms with Gasteiger partial charge in [-0.05, 0) is 25.5 Å². The van der Waals surface area contributed by atoms with Crippen molar-refractivity contribution in [2.75, 3.05) is 13.1 Å². The van der Waals surface area contributed by atoms with Gasteiger partial charge in [0.2, 0.25) is 10.8 Å². The number of nitrogens with zero attached hydrogens (tertiary/aromatic N) is 3. The topological polar surface area (TPSA) is 54.9 Å². The van der Waals surface area contributed by atoms with Crippen LogP contribution < -0.4 is 4.90 Å². The zero-order valence-electron chi connectivity index (χ0n) is 15.2. The van der Waals surface area contributed by atoms with Crippen molar-refractivity contribution in [2.45, 2.75) is 33.2 Å². The lowest BCUT2D eigenvalue weighted by Gasteiger charge is -2.37. The number of likely N-dealkylation sites (tertiary alicyclic amines) is 1. The molecule has 4 atom stereocenters. The van der Waals surface area contributed by atoms with E-state index in [0.717, 1.165) is 28.0 Å². The number of quaternary nitrogens is 1. The van der Waals surface area contributed by atoms with Crippen molar-refractivity contribution in [3.05, 3.63) is 45.6 Å². The van der Waals surface area contributed by atoms with E-state index in [1.165, 1.54) is 28.2 Å². The number of hydrogen-bond donors (Lipinski definition) is 2. The zero-order chi connectivity index (χ0) is 18.4. The molecule has 2 N–H and O–H groups in total. The molecule has 1 saturated heterocycles. The highest BCUT2D eigenvalue weighted by Crippen LogP contribution is 2.35. The van der Waals surface area contributed by atoms with Gasteiger partial charge in [0.1, 0.15) is 10.7 Å². The maximum Gasteiger partial charge on any atom is 0.235 e. The van der Waals surface area contributed by atoms with E-state index < -0.39 is 0 Å². The van der Waals surface area contributed by atoms with Gasteiger partial charge < -0.3 is 10.0 Å². The van der Waals surface area contributed by atoms with Gasteiger partial charge >= 0.3 is 0 Å². The minimum absolute atomic E-state index is 0.0614. The van der Waals surface area contributed by atoms with Crippen LogP contribution in [0, 0.1) is 18.8 Å². The van der Waals surface area contributed by atoms with Gasteiger partial charge in [-0.1, -0.05) is 48.9 Å². The molecule has 3 heterocycles. The molecule has 26 heavy (non-hydrogen) atoms. The number of aryl methyl sites for hydroxylation is 1. The van der Waals surface area contributed by atoms with Crippen molar-refractivity contribution in [3.8, 4) is 5.88 Å². The molecule has 2 aromatic heterocycles. The molecule has 4 rings (SSSR count). The Labute approximate surface area is 162 Å². The molecule has 0 saturated carbocycles. The van der Waals surface area contributed by atoms with Crippen molar-refractivity contribution in [1.29, 1.82) is 0 Å². The van der Waals surface area contributed by atoms with Gasteiger partial charge in [-0.2, -0.15) is 4.52 Å². The van der Waals surface area contributed by atoms with Gasteiger partial charge in [0.05, 0.1) is 13.1 Å². The molecular weight excluding hydrogens is 368 g/mol. The lowest BCUT2D eigenvalue weighted by molar-refractivity contribution is -0.936. The van der Waals surface area contributed by atoms with Crippen molar-refractivity contribution >= 4 is 27.9 Å². The molecule has 3 aromatic rings. The van der Waals surface area contributed by atoms with Gasteiger partial charge in [-0.15, -0.1) is 5.10 Å². The summed E-state index contributed by atoms with van der Waals surface area (Å²) < 4.78 is 1.56. The highest BCUT2D eigenvalue weighted by atomic mass is 35.5. The highest BCUT2D eigenvalue weighted by Gasteiger charge is 2.37. The molecule has 0 radical (unpaired) electrons. The Balaban J connectivity index is 1.82. The summed E-state index contributed by atoms with van der Waals surface area (Å²) in [4.78, 5) is 7.59. The first-order chi connectivity index (χ1) is 12.4. The van der Waals surface area contributed by atoms with Crippen LogP contribution in [0.2, 0.25) is 5.02 Å². The summed E-state index contributed by atoms with van der Waals surface area (Å²) in [6, 6.07) is 8.07. The van der Waals surface area contributed by atoms with E-state index in [2.05, 4.69) is 36.1 Å². The molecule has 0 spiro atoms. The fraction of sp³-hybridized carbons (Fsp3) is 0.474. The SMILES string of the molecule is Cc1nc2sc([C@@H](c3ccc(Cl)cc3)[NH+]3C[C@H](C)C[C@H](C)C3)c(O)n2n1. The number of aromatic nitrogens is 3. The summed E-state index contributed by atoms with van der Waals surface area (Å²) in [6.07, 6.45) is 1.26. The fourth-order valence-corrected chi connectivity index (χ4v) is 5.64. The summed E-state index contributed by atoms with van der Waals surface area (Å²) >= 11 is 7.65. The monoisotopic (exact) mass is 391 g/mol. The number of aromatic hydroxyl groups is 1. The molecule has 0 aliphatic carbocycles. The Hall–Kier alpha value is -1.63. The average Bonchev–Trinajstić information content (AvgIpc) is 3.07. The van der Waals surface area contributed by atoms with E-state index in [-0.39, 0.29) is 11.9 Å². The molecule has 138 valence electrons. The number of piperidine rings is 1. The van der Waals surface area contributed by atoms with Crippen LogP contribution >= 0.6 is 22.9 Å². The van der Waals surface area contributed by atoms with E-state index in [0.29, 0.717) is 17.7 Å². The Morgan fingerprint density at radius 3 is 2.50 bits per heavy atom. The van der Waals surface area contributed by atoms with Crippen molar-refractivity contribution in [3.63, 3.8) is 0 Å². The predicted octanol–water partition coefficient (Wildman–Crippen LogP) is 3.11. The number of benzene rings is 1. The largest absolute Gasteiger partial charge is 0.492 e. The molecule has 1 aliphatic heterocycles. The van der Waals surface area contributed by atoms with Crippen LogP contribution in [-0.4, -0.2) is 32.8 Å². The van der Waals surface area contributed by atoms with Crippen LogP contribution in [-0.2, 0) is 0 Å². The van der Waals surface area contributed by atoms with Gasteiger partial charge in [0.15, 0.2) is 6.04 Å². The third-order valence-electron chi connectivity index (χ3n) is 5.21. The summed E-state index contributed by atoms with van der Waals surface area (Å²) in [6.45, 7) is 8.66. The van der Waals surface area contributed by atoms with Crippen molar-refractivity contribution in [1.82, 2.24) is 14.6 Å². The zero-order valence-corrected chi connectivity index (χ0v) is 16.8. The highest BCUT2D eigenvalue weighted by molar-refractivity contribution is 7.17. The molecule has 1 unspecified atom stereocenters. The Morgan fingerprint density at radius 2 is 1.88 bits per heavy atom. The second-order valence-electron chi connectivity index (χ2n) is 7.64. The molecule has 1 aromatic carbocycles. The summed E-state index contributed by atoms with van der Waals surface area (Å²) in [5.74, 6) is 2.21. The number of fused-ring (bicyclic) bond motifs is 1. The van der Waals surface area contributed by atoms with Gasteiger partial charge in [0.25, 0.3) is 0 Å². The second-order valence-corrected chi connectivity index (χ2v) is 9.09. The number of thiazole rings is 1. The van der Waals surface area contributed by atoms with E-state index in [1.807, 2.05) is 19.1 Å². The van der Waals surface area contributed by atoms with Crippen LogP contribution in [0.1, 0.15) is 42.6 Å². The van der Waals surface area contributed by atoms with Crippen molar-refractivity contribution in [2.24, 2.45) is 11.8 Å². The second kappa shape index (κ2) is 6.83. The minimum Gasteiger partial charge on any atom is -0.492 e. The number of nitrogens with one attached hydrogen (secondary N) is 1. The third-order valence-corrected chi connectivity index (χ3v) is 6.54. The smallest absolute Gasteiger partial charge is 0.235 e. The molecular formula is C19H24ClN4OS+.